The third kappa shape index (κ3) is 3.06. The fourth-order valence-corrected chi connectivity index (χ4v) is 1.06. The number of azide groups is 1. The van der Waals surface area contributed by atoms with Gasteiger partial charge in [-0.15, -0.1) is 11.3 Å². The second-order valence-corrected chi connectivity index (χ2v) is 2.60. The molecule has 0 saturated carbocycles. The van der Waals surface area contributed by atoms with Crippen LogP contribution in [0.2, 0.25) is 0 Å². The normalized spacial score (nSPS) is 8.00. The molecule has 4 nitrogen and oxygen atoms in total. The largest absolute Gasteiger partial charge is 0.236 e. The van der Waals surface area contributed by atoms with Gasteiger partial charge in [0.2, 0.25) is 0 Å². The molecular weight excluding hydrogens is 172 g/mol. The number of thiazole rings is 1. The molecule has 0 aliphatic heterocycles. The molecule has 0 spiro atoms. The Morgan fingerprint density at radius 1 is 1.75 bits per heavy atom. The number of nitrogens with zero attached hydrogens (tertiary/aromatic N) is 4. The smallest absolute Gasteiger partial charge is 0.124 e. The van der Waals surface area contributed by atoms with Gasteiger partial charge in [-0.3, -0.25) is 0 Å². The second kappa shape index (κ2) is 5.19. The van der Waals surface area contributed by atoms with Crippen LogP contribution >= 0.6 is 11.3 Å². The van der Waals surface area contributed by atoms with E-state index >= 15 is 0 Å². The van der Waals surface area contributed by atoms with Gasteiger partial charge in [0.05, 0.1) is 5.51 Å². The van der Waals surface area contributed by atoms with Crippen LogP contribution in [0.4, 0.5) is 0 Å². The van der Waals surface area contributed by atoms with Gasteiger partial charge in [0.1, 0.15) is 5.69 Å². The predicted molar refractivity (Wildman–Crippen MR) is 47.6 cm³/mol. The highest BCUT2D eigenvalue weighted by Gasteiger charge is 1.84. The average molecular weight is 178 g/mol. The van der Waals surface area contributed by atoms with Gasteiger partial charge in [-0.2, -0.15) is 0 Å². The van der Waals surface area contributed by atoms with Crippen molar-refractivity contribution < 1.29 is 0 Å². The summed E-state index contributed by atoms with van der Waals surface area (Å²) in [6, 6.07) is 0. The molecular formula is C7H6N4S. The zero-order valence-corrected chi connectivity index (χ0v) is 7.08. The van der Waals surface area contributed by atoms with E-state index in [0.717, 1.165) is 5.69 Å². The molecule has 0 fully saturated rings. The third-order valence-electron chi connectivity index (χ3n) is 1.05. The molecule has 0 aliphatic carbocycles. The van der Waals surface area contributed by atoms with Crippen molar-refractivity contribution >= 4 is 11.3 Å². The van der Waals surface area contributed by atoms with Crippen LogP contribution in [0.5, 0.6) is 0 Å². The molecule has 1 rings (SSSR count). The first kappa shape index (κ1) is 8.60. The Kier molecular flexibility index (Phi) is 3.72. The first-order chi connectivity index (χ1) is 5.93. The fraction of sp³-hybridized carbons (Fsp3) is 0.286. The lowest BCUT2D eigenvalue weighted by molar-refractivity contribution is 1.01. The van der Waals surface area contributed by atoms with E-state index in [2.05, 4.69) is 26.9 Å². The maximum atomic E-state index is 7.95. The quantitative estimate of drug-likeness (QED) is 0.225. The minimum absolute atomic E-state index is 0.424. The molecule has 0 aliphatic rings. The average Bonchev–Trinajstić information content (AvgIpc) is 2.57. The van der Waals surface area contributed by atoms with Gasteiger partial charge in [0.25, 0.3) is 0 Å². The van der Waals surface area contributed by atoms with Crippen LogP contribution in [0.15, 0.2) is 16.0 Å². The Balaban J connectivity index is 2.35. The highest BCUT2D eigenvalue weighted by molar-refractivity contribution is 7.07. The standard InChI is InChI=1S/C7H6N4S/c8-11-10-4-2-1-3-7-5-12-6-9-7/h5-6H,2,4H2. The maximum absolute atomic E-state index is 7.95. The first-order valence-electron chi connectivity index (χ1n) is 3.31. The van der Waals surface area contributed by atoms with E-state index in [1.54, 1.807) is 5.51 Å². The molecule has 0 atom stereocenters. The van der Waals surface area contributed by atoms with Gasteiger partial charge in [-0.05, 0) is 11.5 Å². The van der Waals surface area contributed by atoms with Crippen molar-refractivity contribution in [3.63, 3.8) is 0 Å². The molecule has 0 radical (unpaired) electrons. The fourth-order valence-electron chi connectivity index (χ4n) is 0.578. The van der Waals surface area contributed by atoms with Crippen LogP contribution in [0.1, 0.15) is 12.1 Å². The van der Waals surface area contributed by atoms with Crippen LogP contribution in [0.25, 0.3) is 10.4 Å². The van der Waals surface area contributed by atoms with Crippen LogP contribution in [-0.4, -0.2) is 11.5 Å². The number of aromatic nitrogens is 1. The van der Waals surface area contributed by atoms with E-state index in [1.807, 2.05) is 5.38 Å². The van der Waals surface area contributed by atoms with Crippen molar-refractivity contribution in [3.05, 3.63) is 27.0 Å². The van der Waals surface area contributed by atoms with Crippen LogP contribution < -0.4 is 0 Å². The van der Waals surface area contributed by atoms with Crippen molar-refractivity contribution in [2.24, 2.45) is 5.11 Å². The Morgan fingerprint density at radius 3 is 3.33 bits per heavy atom. The van der Waals surface area contributed by atoms with Crippen molar-refractivity contribution in [3.8, 4) is 11.8 Å². The zero-order valence-electron chi connectivity index (χ0n) is 6.27. The van der Waals surface area contributed by atoms with E-state index in [-0.39, 0.29) is 0 Å². The summed E-state index contributed by atoms with van der Waals surface area (Å²) >= 11 is 1.51. The zero-order chi connectivity index (χ0) is 8.65. The molecule has 1 heterocycles. The molecule has 1 aromatic heterocycles. The topological polar surface area (TPSA) is 61.7 Å². The summed E-state index contributed by atoms with van der Waals surface area (Å²) in [6.07, 6.45) is 0.585. The van der Waals surface area contributed by atoms with Gasteiger partial charge in [0, 0.05) is 23.3 Å². The number of rotatable bonds is 2. The molecule has 1 aromatic rings. The van der Waals surface area contributed by atoms with E-state index in [1.165, 1.54) is 11.3 Å². The lowest BCUT2D eigenvalue weighted by Crippen LogP contribution is -1.74. The van der Waals surface area contributed by atoms with Crippen molar-refractivity contribution in [2.45, 2.75) is 6.42 Å². The van der Waals surface area contributed by atoms with Crippen LogP contribution in [0, 0.1) is 11.8 Å². The van der Waals surface area contributed by atoms with Crippen molar-refractivity contribution in [1.82, 2.24) is 4.98 Å². The molecule has 60 valence electrons. The van der Waals surface area contributed by atoms with Gasteiger partial charge < -0.3 is 0 Å². The van der Waals surface area contributed by atoms with E-state index < -0.39 is 0 Å². The Hall–Kier alpha value is -1.50. The summed E-state index contributed by atoms with van der Waals surface area (Å²) in [5.74, 6) is 5.70. The molecule has 0 saturated heterocycles. The molecule has 0 amide bonds. The van der Waals surface area contributed by atoms with Crippen LogP contribution in [-0.2, 0) is 0 Å². The monoisotopic (exact) mass is 178 g/mol. The second-order valence-electron chi connectivity index (χ2n) is 1.88. The minimum Gasteiger partial charge on any atom is -0.236 e. The van der Waals surface area contributed by atoms with Gasteiger partial charge >= 0.3 is 0 Å². The Bertz CT molecular complexity index is 326. The highest BCUT2D eigenvalue weighted by Crippen LogP contribution is 1.97. The minimum atomic E-state index is 0.424. The summed E-state index contributed by atoms with van der Waals surface area (Å²) in [5, 5.41) is 5.23. The lowest BCUT2D eigenvalue weighted by Gasteiger charge is -1.77. The molecule has 0 N–H and O–H groups in total. The molecule has 12 heavy (non-hydrogen) atoms. The summed E-state index contributed by atoms with van der Waals surface area (Å²) in [5.41, 5.74) is 10.5. The SMILES string of the molecule is [N-]=[N+]=NCCC#Cc1cscn1. The third-order valence-corrected chi connectivity index (χ3v) is 1.64. The van der Waals surface area contributed by atoms with Gasteiger partial charge in [-0.1, -0.05) is 11.0 Å². The van der Waals surface area contributed by atoms with E-state index in [9.17, 15) is 0 Å². The summed E-state index contributed by atoms with van der Waals surface area (Å²) in [7, 11) is 0. The number of hydrogen-bond acceptors (Lipinski definition) is 3. The summed E-state index contributed by atoms with van der Waals surface area (Å²) < 4.78 is 0. The predicted octanol–water partition coefficient (Wildman–Crippen LogP) is 2.20. The molecule has 0 aromatic carbocycles. The number of hydrogen-bond donors (Lipinski definition) is 0. The maximum Gasteiger partial charge on any atom is 0.124 e. The van der Waals surface area contributed by atoms with E-state index in [4.69, 9.17) is 5.53 Å². The highest BCUT2D eigenvalue weighted by atomic mass is 32.1. The molecule has 0 unspecified atom stereocenters. The molecule has 0 bridgehead atoms. The van der Waals surface area contributed by atoms with Crippen molar-refractivity contribution in [2.75, 3.05) is 6.54 Å². The van der Waals surface area contributed by atoms with Crippen molar-refractivity contribution in [1.29, 1.82) is 0 Å². The Labute approximate surface area is 73.9 Å². The lowest BCUT2D eigenvalue weighted by atomic mass is 10.4. The summed E-state index contributed by atoms with van der Waals surface area (Å²) in [6.45, 7) is 0.424. The summed E-state index contributed by atoms with van der Waals surface area (Å²) in [4.78, 5) is 6.59. The van der Waals surface area contributed by atoms with Gasteiger partial charge in [-0.25, -0.2) is 4.98 Å². The first-order valence-corrected chi connectivity index (χ1v) is 4.25. The molecule has 5 heteroatoms. The Morgan fingerprint density at radius 2 is 2.67 bits per heavy atom. The van der Waals surface area contributed by atoms with Crippen LogP contribution in [0.3, 0.4) is 0 Å². The van der Waals surface area contributed by atoms with Gasteiger partial charge in [0.15, 0.2) is 0 Å². The van der Waals surface area contributed by atoms with E-state index in [0.29, 0.717) is 13.0 Å².